The highest BCUT2D eigenvalue weighted by Gasteiger charge is 1.93. The summed E-state index contributed by atoms with van der Waals surface area (Å²) in [6.07, 6.45) is 6.02. The molecule has 0 aromatic carbocycles. The molecule has 0 bridgehead atoms. The molecule has 1 N–H and O–H groups in total. The lowest BCUT2D eigenvalue weighted by Gasteiger charge is -1.84. The number of hydrogen-bond donors (Lipinski definition) is 1. The number of hydrogen-bond acceptors (Lipinski definition) is 2. The monoisotopic (exact) mass is 207 g/mol. The van der Waals surface area contributed by atoms with Gasteiger partial charge in [0.25, 0.3) is 0 Å². The number of carboxylic acids is 1. The highest BCUT2D eigenvalue weighted by Crippen LogP contribution is 1.87. The summed E-state index contributed by atoms with van der Waals surface area (Å²) in [6, 6.07) is 1.69. The number of nitrogens with zero attached hydrogens (tertiary/aromatic N) is 1. The van der Waals surface area contributed by atoms with Gasteiger partial charge in [-0.3, -0.25) is 0 Å². The van der Waals surface area contributed by atoms with Crippen LogP contribution in [0.4, 0.5) is 0 Å². The maximum Gasteiger partial charge on any atom is 0.330 e. The maximum absolute atomic E-state index is 9.86. The van der Waals surface area contributed by atoms with Crippen molar-refractivity contribution in [2.75, 3.05) is 0 Å². The Morgan fingerprint density at radius 1 is 1.33 bits per heavy atom. The van der Waals surface area contributed by atoms with Crippen molar-refractivity contribution in [1.82, 2.24) is 0 Å². The third kappa shape index (κ3) is 33.5. The van der Waals surface area contributed by atoms with Gasteiger partial charge in [-0.1, -0.05) is 38.0 Å². The molecule has 0 radical (unpaired) electrons. The molecule has 0 rings (SSSR count). The van der Waals surface area contributed by atoms with E-state index in [9.17, 15) is 4.79 Å². The van der Waals surface area contributed by atoms with E-state index < -0.39 is 5.97 Å². The van der Waals surface area contributed by atoms with Crippen molar-refractivity contribution in [1.29, 1.82) is 5.26 Å². The molecule has 0 unspecified atom stereocenters. The maximum atomic E-state index is 9.86. The van der Waals surface area contributed by atoms with Crippen LogP contribution in [0.3, 0.4) is 0 Å². The molecule has 0 amide bonds. The van der Waals surface area contributed by atoms with Crippen LogP contribution in [0.15, 0.2) is 49.6 Å². The number of carboxylic acid groups (broad SMARTS) is 1. The highest BCUT2D eigenvalue weighted by atomic mass is 16.4. The van der Waals surface area contributed by atoms with Crippen molar-refractivity contribution >= 4 is 5.97 Å². The minimum Gasteiger partial charge on any atom is -0.478 e. The van der Waals surface area contributed by atoms with Crippen LogP contribution in [0, 0.1) is 11.3 Å². The minimum absolute atomic E-state index is 0.389. The summed E-state index contributed by atoms with van der Waals surface area (Å²) in [5.41, 5.74) is 0.389. The first kappa shape index (κ1) is 18.7. The lowest BCUT2D eigenvalue weighted by atomic mass is 10.3. The third-order valence-corrected chi connectivity index (χ3v) is 1.03. The number of nitriles is 1. The second-order valence-corrected chi connectivity index (χ2v) is 2.08. The van der Waals surface area contributed by atoms with E-state index in [0.29, 0.717) is 5.57 Å². The van der Waals surface area contributed by atoms with E-state index >= 15 is 0 Å². The van der Waals surface area contributed by atoms with Gasteiger partial charge in [0.05, 0.1) is 6.07 Å². The van der Waals surface area contributed by atoms with Gasteiger partial charge >= 0.3 is 5.97 Å². The first-order chi connectivity index (χ1) is 7.01. The fourth-order valence-electron chi connectivity index (χ4n) is 0.123. The number of carbonyl (C=O) groups is 1. The average molecular weight is 207 g/mol. The number of allylic oxidation sites excluding steroid dienone is 4. The Kier molecular flexibility index (Phi) is 22.2. The van der Waals surface area contributed by atoms with Gasteiger partial charge in [0.2, 0.25) is 0 Å². The minimum atomic E-state index is -0.845. The Labute approximate surface area is 91.4 Å². The Hall–Kier alpha value is -2.08. The molecule has 15 heavy (non-hydrogen) atoms. The van der Waals surface area contributed by atoms with Gasteiger partial charge < -0.3 is 5.11 Å². The lowest BCUT2D eigenvalue weighted by Crippen LogP contribution is -1.93. The molecule has 0 heterocycles. The predicted octanol–water partition coefficient (Wildman–Crippen LogP) is 3.09. The molecule has 3 heteroatoms. The zero-order valence-electron chi connectivity index (χ0n) is 9.23. The zero-order chi connectivity index (χ0) is 12.7. The van der Waals surface area contributed by atoms with E-state index in [1.807, 2.05) is 0 Å². The van der Waals surface area contributed by atoms with Gasteiger partial charge in [-0.25, -0.2) is 4.79 Å². The van der Waals surface area contributed by atoms with Crippen molar-refractivity contribution in [2.24, 2.45) is 0 Å². The van der Waals surface area contributed by atoms with Gasteiger partial charge in [-0.2, -0.15) is 5.26 Å². The second-order valence-electron chi connectivity index (χ2n) is 2.08. The van der Waals surface area contributed by atoms with E-state index in [2.05, 4.69) is 19.7 Å². The van der Waals surface area contributed by atoms with Crippen LogP contribution in [0.5, 0.6) is 0 Å². The summed E-state index contributed by atoms with van der Waals surface area (Å²) in [5.74, 6) is -0.845. The standard InChI is InChI=1S/C5H8O2.C4H6.C3H3N/c1-3-4(2)5(6)7;1-3-4-2;1-2-3-4/h3H,1-2H3,(H,6,7);3-4H,1-2H2;2H,1H2/b4-3+;;. The summed E-state index contributed by atoms with van der Waals surface area (Å²) in [6.45, 7) is 13.1. The molecule has 0 aliphatic heterocycles. The molecule has 0 saturated heterocycles. The number of rotatable bonds is 2. The van der Waals surface area contributed by atoms with E-state index in [1.165, 1.54) is 6.08 Å². The molecule has 0 aromatic rings. The topological polar surface area (TPSA) is 61.1 Å². The van der Waals surface area contributed by atoms with Crippen LogP contribution >= 0.6 is 0 Å². The van der Waals surface area contributed by atoms with Gasteiger partial charge in [0.15, 0.2) is 0 Å². The lowest BCUT2D eigenvalue weighted by molar-refractivity contribution is -0.132. The molecule has 0 aromatic heterocycles. The van der Waals surface area contributed by atoms with Crippen molar-refractivity contribution < 1.29 is 9.90 Å². The molecule has 0 aliphatic carbocycles. The largest absolute Gasteiger partial charge is 0.478 e. The Morgan fingerprint density at radius 2 is 1.67 bits per heavy atom. The highest BCUT2D eigenvalue weighted by molar-refractivity contribution is 5.85. The van der Waals surface area contributed by atoms with E-state index in [0.717, 1.165) is 0 Å². The molecular weight excluding hydrogens is 190 g/mol. The van der Waals surface area contributed by atoms with Gasteiger partial charge in [0.1, 0.15) is 0 Å². The van der Waals surface area contributed by atoms with Crippen LogP contribution in [0.25, 0.3) is 0 Å². The van der Waals surface area contributed by atoms with E-state index in [1.54, 1.807) is 38.1 Å². The van der Waals surface area contributed by atoms with Crippen molar-refractivity contribution in [3.63, 3.8) is 0 Å². The van der Waals surface area contributed by atoms with Crippen LogP contribution in [-0.2, 0) is 4.79 Å². The SMILES string of the molecule is C/C=C(\C)C(=O)O.C=CC#N.C=CC=C. The second kappa shape index (κ2) is 17.9. The predicted molar refractivity (Wildman–Crippen MR) is 63.3 cm³/mol. The Bertz CT molecular complexity index is 264. The quantitative estimate of drug-likeness (QED) is 0.430. The molecular formula is C12H17NO2. The fraction of sp³-hybridized carbons (Fsp3) is 0.167. The summed E-state index contributed by atoms with van der Waals surface area (Å²) >= 11 is 0. The average Bonchev–Trinajstić information content (AvgIpc) is 2.28. The normalized spacial score (nSPS) is 7.67. The Balaban J connectivity index is -0.000000155. The summed E-state index contributed by atoms with van der Waals surface area (Å²) < 4.78 is 0. The first-order valence-electron chi connectivity index (χ1n) is 4.11. The van der Waals surface area contributed by atoms with Crippen LogP contribution in [-0.4, -0.2) is 11.1 Å². The molecule has 0 fully saturated rings. The van der Waals surface area contributed by atoms with Crippen molar-refractivity contribution in [3.05, 3.63) is 49.6 Å². The van der Waals surface area contributed by atoms with Crippen molar-refractivity contribution in [2.45, 2.75) is 13.8 Å². The smallest absolute Gasteiger partial charge is 0.330 e. The molecule has 0 spiro atoms. The van der Waals surface area contributed by atoms with Crippen molar-refractivity contribution in [3.8, 4) is 6.07 Å². The molecule has 3 nitrogen and oxygen atoms in total. The Morgan fingerprint density at radius 3 is 1.67 bits per heavy atom. The van der Waals surface area contributed by atoms with Gasteiger partial charge in [-0.05, 0) is 13.8 Å². The summed E-state index contributed by atoms with van der Waals surface area (Å²) in [5, 5.41) is 15.6. The number of aliphatic carboxylic acids is 1. The summed E-state index contributed by atoms with van der Waals surface area (Å²) in [7, 11) is 0. The fourth-order valence-corrected chi connectivity index (χ4v) is 0.123. The van der Waals surface area contributed by atoms with Gasteiger partial charge in [0, 0.05) is 11.6 Å². The molecule has 0 saturated carbocycles. The van der Waals surface area contributed by atoms with Crippen LogP contribution in [0.2, 0.25) is 0 Å². The van der Waals surface area contributed by atoms with Gasteiger partial charge in [-0.15, -0.1) is 0 Å². The summed E-state index contributed by atoms with van der Waals surface area (Å²) in [4.78, 5) is 9.86. The third-order valence-electron chi connectivity index (χ3n) is 1.03. The van der Waals surface area contributed by atoms with Crippen LogP contribution < -0.4 is 0 Å². The van der Waals surface area contributed by atoms with E-state index in [-0.39, 0.29) is 0 Å². The first-order valence-corrected chi connectivity index (χ1v) is 4.11. The molecule has 0 aliphatic rings. The van der Waals surface area contributed by atoms with Crippen LogP contribution in [0.1, 0.15) is 13.8 Å². The van der Waals surface area contributed by atoms with E-state index in [4.69, 9.17) is 10.4 Å². The molecule has 82 valence electrons. The molecule has 0 atom stereocenters. The zero-order valence-corrected chi connectivity index (χ0v) is 9.23.